The van der Waals surface area contributed by atoms with Crippen molar-refractivity contribution in [1.29, 1.82) is 0 Å². The van der Waals surface area contributed by atoms with E-state index < -0.39 is 0 Å². The van der Waals surface area contributed by atoms with Gasteiger partial charge in [0.2, 0.25) is 0 Å². The monoisotopic (exact) mass is 218 g/mol. The van der Waals surface area contributed by atoms with Crippen LogP contribution < -0.4 is 16.4 Å². The summed E-state index contributed by atoms with van der Waals surface area (Å²) in [5.41, 5.74) is 6.76. The smallest absolute Gasteiger partial charge is 0.257 e. The number of rotatable bonds is 1. The van der Waals surface area contributed by atoms with Crippen LogP contribution in [0.5, 0.6) is 0 Å². The van der Waals surface area contributed by atoms with Gasteiger partial charge in [-0.05, 0) is 30.7 Å². The van der Waals surface area contributed by atoms with E-state index in [0.29, 0.717) is 17.2 Å². The number of aliphatic imine (C=N–C) groups is 1. The first kappa shape index (κ1) is 10.5. The Kier molecular flexibility index (Phi) is 3.05. The Balaban J connectivity index is 2.02. The van der Waals surface area contributed by atoms with Crippen molar-refractivity contribution in [3.8, 4) is 0 Å². The number of hydrogen-bond acceptors (Lipinski definition) is 4. The predicted octanol–water partition coefficient (Wildman–Crippen LogP) is 0.348. The molecular weight excluding hydrogens is 204 g/mol. The normalized spacial score (nSPS) is 14.9. The fraction of sp³-hybridized carbons (Fsp3) is 0.273. The lowest BCUT2D eigenvalue weighted by Gasteiger charge is -2.14. The average Bonchev–Trinajstić information content (AvgIpc) is 2.31. The van der Waals surface area contributed by atoms with Gasteiger partial charge in [-0.25, -0.2) is 0 Å². The Morgan fingerprint density at radius 1 is 1.38 bits per heavy atom. The van der Waals surface area contributed by atoms with Gasteiger partial charge >= 0.3 is 0 Å². The second kappa shape index (κ2) is 4.65. The summed E-state index contributed by atoms with van der Waals surface area (Å²) in [6, 6.07) is 6.78. The highest BCUT2D eigenvalue weighted by Gasteiger charge is 2.09. The highest BCUT2D eigenvalue weighted by molar-refractivity contribution is 6.05. The Morgan fingerprint density at radius 3 is 2.75 bits per heavy atom. The van der Waals surface area contributed by atoms with Crippen LogP contribution in [-0.4, -0.2) is 25.0 Å². The largest absolute Gasteiger partial charge is 0.399 e. The molecular formula is C11H14N4O. The maximum Gasteiger partial charge on any atom is 0.257 e. The van der Waals surface area contributed by atoms with E-state index in [4.69, 9.17) is 5.73 Å². The third-order valence-corrected chi connectivity index (χ3v) is 2.30. The van der Waals surface area contributed by atoms with Crippen molar-refractivity contribution in [3.63, 3.8) is 0 Å². The van der Waals surface area contributed by atoms with Crippen molar-refractivity contribution in [2.45, 2.75) is 6.42 Å². The maximum absolute atomic E-state index is 11.8. The molecule has 0 bridgehead atoms. The summed E-state index contributed by atoms with van der Waals surface area (Å²) in [7, 11) is 0. The van der Waals surface area contributed by atoms with Crippen molar-refractivity contribution in [3.05, 3.63) is 29.8 Å². The van der Waals surface area contributed by atoms with Crippen LogP contribution in [0, 0.1) is 0 Å². The standard InChI is InChI=1S/C11H14N4O/c12-9-4-2-8(3-5-9)10(16)15-11-13-6-1-7-14-11/h2-5H,1,6-7,12H2,(H2,13,14,15,16). The quantitative estimate of drug-likeness (QED) is 0.595. The number of carbonyl (C=O) groups is 1. The molecule has 1 heterocycles. The van der Waals surface area contributed by atoms with E-state index in [0.717, 1.165) is 19.5 Å². The Morgan fingerprint density at radius 2 is 2.12 bits per heavy atom. The van der Waals surface area contributed by atoms with Gasteiger partial charge in [-0.15, -0.1) is 0 Å². The molecule has 4 N–H and O–H groups in total. The van der Waals surface area contributed by atoms with Crippen LogP contribution in [0.15, 0.2) is 29.3 Å². The molecule has 0 saturated heterocycles. The molecule has 1 amide bonds. The average molecular weight is 218 g/mol. The van der Waals surface area contributed by atoms with E-state index in [9.17, 15) is 4.79 Å². The van der Waals surface area contributed by atoms with Gasteiger partial charge < -0.3 is 11.1 Å². The molecule has 0 radical (unpaired) electrons. The van der Waals surface area contributed by atoms with Gasteiger partial charge in [-0.1, -0.05) is 0 Å². The molecule has 0 spiro atoms. The summed E-state index contributed by atoms with van der Waals surface area (Å²) in [4.78, 5) is 15.9. The van der Waals surface area contributed by atoms with Gasteiger partial charge in [0.05, 0.1) is 0 Å². The number of nitrogens with two attached hydrogens (primary N) is 1. The number of amides is 1. The first-order valence-electron chi connectivity index (χ1n) is 5.21. The lowest BCUT2D eigenvalue weighted by atomic mass is 10.2. The summed E-state index contributed by atoms with van der Waals surface area (Å²) in [5.74, 6) is 0.376. The van der Waals surface area contributed by atoms with Crippen LogP contribution >= 0.6 is 0 Å². The predicted molar refractivity (Wildman–Crippen MR) is 63.2 cm³/mol. The van der Waals surface area contributed by atoms with Crippen LogP contribution in [0.2, 0.25) is 0 Å². The maximum atomic E-state index is 11.8. The van der Waals surface area contributed by atoms with Crippen molar-refractivity contribution in [1.82, 2.24) is 10.6 Å². The number of guanidine groups is 1. The zero-order chi connectivity index (χ0) is 11.4. The molecule has 1 aromatic rings. The highest BCUT2D eigenvalue weighted by atomic mass is 16.1. The molecule has 5 heteroatoms. The zero-order valence-corrected chi connectivity index (χ0v) is 8.86. The van der Waals surface area contributed by atoms with Gasteiger partial charge in [0.25, 0.3) is 5.91 Å². The van der Waals surface area contributed by atoms with E-state index in [1.165, 1.54) is 0 Å². The number of hydrogen-bond donors (Lipinski definition) is 3. The van der Waals surface area contributed by atoms with Gasteiger partial charge in [-0.3, -0.25) is 15.1 Å². The minimum absolute atomic E-state index is 0.173. The van der Waals surface area contributed by atoms with Gasteiger partial charge in [0, 0.05) is 24.3 Å². The molecule has 0 aromatic heterocycles. The number of nitrogens with zero attached hydrogens (tertiary/aromatic N) is 1. The van der Waals surface area contributed by atoms with E-state index in [1.54, 1.807) is 24.3 Å². The molecule has 1 aliphatic heterocycles. The summed E-state index contributed by atoms with van der Waals surface area (Å²) in [5, 5.41) is 5.74. The van der Waals surface area contributed by atoms with Crippen LogP contribution in [0.4, 0.5) is 5.69 Å². The van der Waals surface area contributed by atoms with Gasteiger partial charge in [0.15, 0.2) is 5.96 Å². The first-order valence-corrected chi connectivity index (χ1v) is 5.21. The van der Waals surface area contributed by atoms with Crippen LogP contribution in [0.1, 0.15) is 16.8 Å². The first-order chi connectivity index (χ1) is 7.75. The minimum Gasteiger partial charge on any atom is -0.399 e. The summed E-state index contributed by atoms with van der Waals surface area (Å²) >= 11 is 0. The molecule has 0 aliphatic carbocycles. The summed E-state index contributed by atoms with van der Waals surface area (Å²) in [6.07, 6.45) is 1.00. The third-order valence-electron chi connectivity index (χ3n) is 2.30. The molecule has 5 nitrogen and oxygen atoms in total. The molecule has 1 aromatic carbocycles. The second-order valence-electron chi connectivity index (χ2n) is 3.59. The molecule has 1 aliphatic rings. The molecule has 0 saturated carbocycles. The number of nitrogens with one attached hydrogen (secondary N) is 2. The third kappa shape index (κ3) is 2.50. The number of nitrogen functional groups attached to an aromatic ring is 1. The van der Waals surface area contributed by atoms with Crippen molar-refractivity contribution < 1.29 is 4.79 Å². The van der Waals surface area contributed by atoms with Crippen molar-refractivity contribution in [2.75, 3.05) is 18.8 Å². The summed E-state index contributed by atoms with van der Waals surface area (Å²) < 4.78 is 0. The molecule has 0 fully saturated rings. The fourth-order valence-corrected chi connectivity index (χ4v) is 1.43. The number of benzene rings is 1. The number of anilines is 1. The van der Waals surface area contributed by atoms with Gasteiger partial charge in [-0.2, -0.15) is 0 Å². The lowest BCUT2D eigenvalue weighted by Crippen LogP contribution is -2.43. The topological polar surface area (TPSA) is 79.5 Å². The highest BCUT2D eigenvalue weighted by Crippen LogP contribution is 2.05. The molecule has 84 valence electrons. The van der Waals surface area contributed by atoms with E-state index in [1.807, 2.05) is 0 Å². The second-order valence-corrected chi connectivity index (χ2v) is 3.59. The SMILES string of the molecule is Nc1ccc(C(=O)NC2=NCCCN2)cc1. The molecule has 0 unspecified atom stereocenters. The Bertz CT molecular complexity index is 410. The van der Waals surface area contributed by atoms with E-state index >= 15 is 0 Å². The van der Waals surface area contributed by atoms with Crippen LogP contribution in [0.3, 0.4) is 0 Å². The Hall–Kier alpha value is -2.04. The van der Waals surface area contributed by atoms with Crippen molar-refractivity contribution >= 4 is 17.6 Å². The summed E-state index contributed by atoms with van der Waals surface area (Å²) in [6.45, 7) is 1.60. The molecule has 2 rings (SSSR count). The van der Waals surface area contributed by atoms with Crippen LogP contribution in [-0.2, 0) is 0 Å². The zero-order valence-electron chi connectivity index (χ0n) is 8.86. The molecule has 0 atom stereocenters. The number of carbonyl (C=O) groups excluding carboxylic acids is 1. The van der Waals surface area contributed by atoms with Crippen LogP contribution in [0.25, 0.3) is 0 Å². The van der Waals surface area contributed by atoms with Crippen molar-refractivity contribution in [2.24, 2.45) is 4.99 Å². The fourth-order valence-electron chi connectivity index (χ4n) is 1.43. The Labute approximate surface area is 93.7 Å². The lowest BCUT2D eigenvalue weighted by molar-refractivity contribution is 0.0975. The van der Waals surface area contributed by atoms with E-state index in [2.05, 4.69) is 15.6 Å². The minimum atomic E-state index is -0.173. The van der Waals surface area contributed by atoms with E-state index in [-0.39, 0.29) is 5.91 Å². The van der Waals surface area contributed by atoms with Gasteiger partial charge in [0.1, 0.15) is 0 Å². The molecule has 16 heavy (non-hydrogen) atoms.